The number of aromatic nitrogens is 3. The topological polar surface area (TPSA) is 69.0 Å². The van der Waals surface area contributed by atoms with Crippen LogP contribution in [0.3, 0.4) is 0 Å². The molecular formula is C22H24Cl2N4O2S. The molecule has 164 valence electrons. The summed E-state index contributed by atoms with van der Waals surface area (Å²) in [4.78, 5) is 12.4. The quantitative estimate of drug-likeness (QED) is 0.365. The van der Waals surface area contributed by atoms with Crippen molar-refractivity contribution in [2.45, 2.75) is 38.6 Å². The van der Waals surface area contributed by atoms with E-state index >= 15 is 0 Å². The van der Waals surface area contributed by atoms with Gasteiger partial charge in [0.05, 0.1) is 16.5 Å². The highest BCUT2D eigenvalue weighted by atomic mass is 35.5. The number of anilines is 1. The second-order valence-electron chi connectivity index (χ2n) is 7.30. The first-order valence-corrected chi connectivity index (χ1v) is 11.6. The van der Waals surface area contributed by atoms with Crippen molar-refractivity contribution in [2.24, 2.45) is 5.92 Å². The van der Waals surface area contributed by atoms with Gasteiger partial charge in [-0.1, -0.05) is 67.0 Å². The lowest BCUT2D eigenvalue weighted by Gasteiger charge is -2.12. The number of benzene rings is 2. The van der Waals surface area contributed by atoms with Crippen LogP contribution in [0.25, 0.3) is 0 Å². The summed E-state index contributed by atoms with van der Waals surface area (Å²) in [6, 6.07) is 14.5. The van der Waals surface area contributed by atoms with Crippen LogP contribution >= 0.6 is 35.0 Å². The highest BCUT2D eigenvalue weighted by Crippen LogP contribution is 2.26. The van der Waals surface area contributed by atoms with E-state index in [1.165, 1.54) is 11.8 Å². The van der Waals surface area contributed by atoms with Crippen LogP contribution in [0.15, 0.2) is 53.7 Å². The predicted octanol–water partition coefficient (Wildman–Crippen LogP) is 5.94. The summed E-state index contributed by atoms with van der Waals surface area (Å²) in [5.74, 6) is 1.99. The van der Waals surface area contributed by atoms with Gasteiger partial charge in [0.15, 0.2) is 11.0 Å². The average molecular weight is 479 g/mol. The molecule has 1 amide bonds. The predicted molar refractivity (Wildman–Crippen MR) is 126 cm³/mol. The Morgan fingerprint density at radius 1 is 1.16 bits per heavy atom. The molecular weight excluding hydrogens is 455 g/mol. The van der Waals surface area contributed by atoms with Gasteiger partial charge < -0.3 is 14.6 Å². The van der Waals surface area contributed by atoms with Crippen LogP contribution in [0, 0.1) is 5.92 Å². The summed E-state index contributed by atoms with van der Waals surface area (Å²) >= 11 is 13.4. The Labute approximate surface area is 196 Å². The first kappa shape index (κ1) is 23.4. The molecule has 0 bridgehead atoms. The zero-order valence-electron chi connectivity index (χ0n) is 17.3. The minimum atomic E-state index is -0.199. The largest absolute Gasteiger partial charge is 0.486 e. The number of para-hydroxylation sites is 1. The third kappa shape index (κ3) is 7.16. The molecule has 1 N–H and O–H groups in total. The summed E-state index contributed by atoms with van der Waals surface area (Å²) in [7, 11) is 0. The zero-order chi connectivity index (χ0) is 22.2. The van der Waals surface area contributed by atoms with Crippen molar-refractivity contribution >= 4 is 46.6 Å². The van der Waals surface area contributed by atoms with Crippen molar-refractivity contribution in [3.8, 4) is 5.75 Å². The molecule has 0 atom stereocenters. The monoisotopic (exact) mass is 478 g/mol. The van der Waals surface area contributed by atoms with Gasteiger partial charge in [0.1, 0.15) is 12.4 Å². The van der Waals surface area contributed by atoms with Gasteiger partial charge in [-0.2, -0.15) is 0 Å². The molecule has 3 aromatic rings. The van der Waals surface area contributed by atoms with E-state index < -0.39 is 0 Å². The van der Waals surface area contributed by atoms with Gasteiger partial charge in [-0.25, -0.2) is 0 Å². The molecule has 3 rings (SSSR count). The lowest BCUT2D eigenvalue weighted by Crippen LogP contribution is -2.15. The van der Waals surface area contributed by atoms with E-state index in [4.69, 9.17) is 27.9 Å². The van der Waals surface area contributed by atoms with Crippen LogP contribution in [-0.4, -0.2) is 26.4 Å². The second kappa shape index (κ2) is 11.4. The van der Waals surface area contributed by atoms with Crippen LogP contribution < -0.4 is 10.1 Å². The summed E-state index contributed by atoms with van der Waals surface area (Å²) in [5, 5.41) is 13.0. The average Bonchev–Trinajstić information content (AvgIpc) is 3.14. The zero-order valence-corrected chi connectivity index (χ0v) is 19.7. The van der Waals surface area contributed by atoms with E-state index in [1.807, 2.05) is 34.9 Å². The SMILES string of the molecule is CC(C)CCn1c(COc2ccccc2)nnc1SCC(=O)Nc1cc(Cl)ccc1Cl. The first-order chi connectivity index (χ1) is 14.9. The maximum Gasteiger partial charge on any atom is 0.234 e. The van der Waals surface area contributed by atoms with E-state index in [2.05, 4.69) is 29.4 Å². The second-order valence-corrected chi connectivity index (χ2v) is 9.08. The minimum absolute atomic E-state index is 0.169. The molecule has 1 aromatic heterocycles. The third-order valence-electron chi connectivity index (χ3n) is 4.37. The van der Waals surface area contributed by atoms with E-state index in [1.54, 1.807) is 18.2 Å². The van der Waals surface area contributed by atoms with Gasteiger partial charge in [0.2, 0.25) is 5.91 Å². The Bertz CT molecular complexity index is 1010. The van der Waals surface area contributed by atoms with Gasteiger partial charge in [-0.15, -0.1) is 10.2 Å². The Morgan fingerprint density at radius 3 is 2.68 bits per heavy atom. The number of nitrogens with zero attached hydrogens (tertiary/aromatic N) is 3. The Balaban J connectivity index is 1.65. The van der Waals surface area contributed by atoms with Gasteiger partial charge in [0.25, 0.3) is 0 Å². The maximum absolute atomic E-state index is 12.4. The summed E-state index contributed by atoms with van der Waals surface area (Å²) in [6.45, 7) is 5.39. The van der Waals surface area contributed by atoms with Gasteiger partial charge in [-0.05, 0) is 42.7 Å². The molecule has 0 aliphatic rings. The molecule has 1 heterocycles. The number of amides is 1. The maximum atomic E-state index is 12.4. The Kier molecular flexibility index (Phi) is 8.63. The first-order valence-electron chi connectivity index (χ1n) is 9.90. The van der Waals surface area contributed by atoms with E-state index in [0.717, 1.165) is 24.5 Å². The number of carbonyl (C=O) groups is 1. The fourth-order valence-electron chi connectivity index (χ4n) is 2.72. The van der Waals surface area contributed by atoms with Crippen LogP contribution in [0.1, 0.15) is 26.1 Å². The van der Waals surface area contributed by atoms with Crippen LogP contribution in [0.4, 0.5) is 5.69 Å². The Morgan fingerprint density at radius 2 is 1.94 bits per heavy atom. The lowest BCUT2D eigenvalue weighted by atomic mass is 10.1. The van der Waals surface area contributed by atoms with Gasteiger partial charge >= 0.3 is 0 Å². The molecule has 0 saturated heterocycles. The molecule has 0 radical (unpaired) electrons. The molecule has 2 aromatic carbocycles. The molecule has 0 aliphatic carbocycles. The number of halogens is 2. The fourth-order valence-corrected chi connectivity index (χ4v) is 3.84. The van der Waals surface area contributed by atoms with Gasteiger partial charge in [-0.3, -0.25) is 4.79 Å². The van der Waals surface area contributed by atoms with Crippen LogP contribution in [0.5, 0.6) is 5.75 Å². The summed E-state index contributed by atoms with van der Waals surface area (Å²) in [6.07, 6.45) is 0.967. The van der Waals surface area contributed by atoms with Crippen LogP contribution in [-0.2, 0) is 17.9 Å². The molecule has 0 unspecified atom stereocenters. The van der Waals surface area contributed by atoms with E-state index in [0.29, 0.717) is 33.4 Å². The van der Waals surface area contributed by atoms with Crippen molar-refractivity contribution in [3.05, 3.63) is 64.4 Å². The number of hydrogen-bond donors (Lipinski definition) is 1. The smallest absolute Gasteiger partial charge is 0.234 e. The minimum Gasteiger partial charge on any atom is -0.486 e. The van der Waals surface area contributed by atoms with Crippen molar-refractivity contribution in [1.82, 2.24) is 14.8 Å². The van der Waals surface area contributed by atoms with Crippen molar-refractivity contribution in [2.75, 3.05) is 11.1 Å². The molecule has 0 spiro atoms. The fraction of sp³-hybridized carbons (Fsp3) is 0.318. The van der Waals surface area contributed by atoms with E-state index in [-0.39, 0.29) is 11.7 Å². The highest BCUT2D eigenvalue weighted by Gasteiger charge is 2.16. The summed E-state index contributed by atoms with van der Waals surface area (Å²) < 4.78 is 7.86. The molecule has 9 heteroatoms. The van der Waals surface area contributed by atoms with Crippen LogP contribution in [0.2, 0.25) is 10.0 Å². The van der Waals surface area contributed by atoms with E-state index in [9.17, 15) is 4.79 Å². The van der Waals surface area contributed by atoms with Crippen molar-refractivity contribution in [3.63, 3.8) is 0 Å². The van der Waals surface area contributed by atoms with Crippen molar-refractivity contribution in [1.29, 1.82) is 0 Å². The molecule has 0 saturated carbocycles. The Hall–Kier alpha value is -2.22. The lowest BCUT2D eigenvalue weighted by molar-refractivity contribution is -0.113. The molecule has 6 nitrogen and oxygen atoms in total. The molecule has 31 heavy (non-hydrogen) atoms. The number of hydrogen-bond acceptors (Lipinski definition) is 5. The number of ether oxygens (including phenoxy) is 1. The number of thioether (sulfide) groups is 1. The molecule has 0 fully saturated rings. The standard InChI is InChI=1S/C22H24Cl2N4O2S/c1-15(2)10-11-28-20(13-30-17-6-4-3-5-7-17)26-27-22(28)31-14-21(29)25-19-12-16(23)8-9-18(19)24/h3-9,12,15H,10-11,13-14H2,1-2H3,(H,25,29). The van der Waals surface area contributed by atoms with Crippen molar-refractivity contribution < 1.29 is 9.53 Å². The summed E-state index contributed by atoms with van der Waals surface area (Å²) in [5.41, 5.74) is 0.484. The number of rotatable bonds is 10. The molecule has 0 aliphatic heterocycles. The number of nitrogens with one attached hydrogen (secondary N) is 1. The third-order valence-corrected chi connectivity index (χ3v) is 5.90. The normalized spacial score (nSPS) is 11.0. The highest BCUT2D eigenvalue weighted by molar-refractivity contribution is 7.99. The number of carbonyl (C=O) groups excluding carboxylic acids is 1. The van der Waals surface area contributed by atoms with Gasteiger partial charge in [0, 0.05) is 11.6 Å².